The highest BCUT2D eigenvalue weighted by atomic mass is 16.6. The van der Waals surface area contributed by atoms with Crippen molar-refractivity contribution < 1.29 is 9.53 Å². The molecule has 1 heterocycles. The Bertz CT molecular complexity index is 358. The lowest BCUT2D eigenvalue weighted by Gasteiger charge is -2.21. The Morgan fingerprint density at radius 2 is 2.12 bits per heavy atom. The van der Waals surface area contributed by atoms with Crippen molar-refractivity contribution in [1.29, 1.82) is 5.26 Å². The fraction of sp³-hybridized carbons (Fsp3) is 0.667. The van der Waals surface area contributed by atoms with Gasteiger partial charge >= 0.3 is 5.97 Å². The van der Waals surface area contributed by atoms with Crippen LogP contribution in [-0.2, 0) is 9.53 Å². The molecule has 0 N–H and O–H groups in total. The normalized spacial score (nSPS) is 19.3. The van der Waals surface area contributed by atoms with Crippen molar-refractivity contribution in [1.82, 2.24) is 4.90 Å². The van der Waals surface area contributed by atoms with Crippen molar-refractivity contribution in [3.8, 4) is 6.07 Å². The molecule has 1 aliphatic rings. The second-order valence-electron chi connectivity index (χ2n) is 4.96. The van der Waals surface area contributed by atoms with Crippen LogP contribution in [0.5, 0.6) is 0 Å². The minimum atomic E-state index is -0.559. The molecule has 0 aromatic carbocycles. The molecule has 0 aromatic heterocycles. The lowest BCUT2D eigenvalue weighted by molar-refractivity contribution is -0.149. The molecule has 0 atom stereocenters. The maximum absolute atomic E-state index is 11.8. The summed E-state index contributed by atoms with van der Waals surface area (Å²) in [5.74, 6) is -0.515. The predicted molar refractivity (Wildman–Crippen MR) is 60.3 cm³/mol. The largest absolute Gasteiger partial charge is 0.456 e. The van der Waals surface area contributed by atoms with E-state index >= 15 is 0 Å². The minimum Gasteiger partial charge on any atom is -0.456 e. The van der Waals surface area contributed by atoms with Crippen LogP contribution in [0, 0.1) is 11.3 Å². The maximum atomic E-state index is 11.8. The number of carbonyl (C=O) groups is 1. The zero-order valence-electron chi connectivity index (χ0n) is 10.3. The first-order chi connectivity index (χ1) is 7.35. The third-order valence-electron chi connectivity index (χ3n) is 2.37. The summed E-state index contributed by atoms with van der Waals surface area (Å²) in [5.41, 5.74) is 0.392. The van der Waals surface area contributed by atoms with Crippen LogP contribution in [0.4, 0.5) is 0 Å². The van der Waals surface area contributed by atoms with E-state index in [9.17, 15) is 4.79 Å². The molecule has 4 nitrogen and oxygen atoms in total. The number of rotatable bonds is 1. The van der Waals surface area contributed by atoms with Gasteiger partial charge in [0.15, 0.2) is 5.57 Å². The standard InChI is InChI=1S/C12H18N2O2/c1-12(2,3)16-11(15)9(8-13)10-6-5-7-14(10)4/h5-7H2,1-4H3/b10-9+. The predicted octanol–water partition coefficient (Wildman–Crippen LogP) is 1.83. The van der Waals surface area contributed by atoms with Gasteiger partial charge in [0.25, 0.3) is 0 Å². The Morgan fingerprint density at radius 1 is 1.50 bits per heavy atom. The Balaban J connectivity index is 2.92. The van der Waals surface area contributed by atoms with Crippen molar-refractivity contribution in [2.24, 2.45) is 0 Å². The summed E-state index contributed by atoms with van der Waals surface area (Å²) in [7, 11) is 1.89. The van der Waals surface area contributed by atoms with Crippen LogP contribution in [0.3, 0.4) is 0 Å². The molecule has 88 valence electrons. The van der Waals surface area contributed by atoms with Gasteiger partial charge in [-0.1, -0.05) is 0 Å². The van der Waals surface area contributed by atoms with Crippen LogP contribution >= 0.6 is 0 Å². The number of nitrogens with zero attached hydrogens (tertiary/aromatic N) is 2. The maximum Gasteiger partial charge on any atom is 0.351 e. The summed E-state index contributed by atoms with van der Waals surface area (Å²) < 4.78 is 5.21. The van der Waals surface area contributed by atoms with Gasteiger partial charge in [0.2, 0.25) is 0 Å². The van der Waals surface area contributed by atoms with Gasteiger partial charge in [-0.3, -0.25) is 0 Å². The highest BCUT2D eigenvalue weighted by molar-refractivity contribution is 5.93. The second-order valence-corrected chi connectivity index (χ2v) is 4.96. The number of likely N-dealkylation sites (tertiary alicyclic amines) is 1. The molecular formula is C12H18N2O2. The molecule has 0 amide bonds. The fourth-order valence-electron chi connectivity index (χ4n) is 1.68. The van der Waals surface area contributed by atoms with E-state index in [-0.39, 0.29) is 5.57 Å². The molecule has 0 aliphatic carbocycles. The van der Waals surface area contributed by atoms with Gasteiger partial charge in [0.05, 0.1) is 0 Å². The first kappa shape index (κ1) is 12.6. The monoisotopic (exact) mass is 222 g/mol. The highest BCUT2D eigenvalue weighted by Crippen LogP contribution is 2.24. The van der Waals surface area contributed by atoms with Crippen LogP contribution < -0.4 is 0 Å². The van der Waals surface area contributed by atoms with E-state index in [0.717, 1.165) is 25.1 Å². The summed E-state index contributed by atoms with van der Waals surface area (Å²) in [5, 5.41) is 9.04. The van der Waals surface area contributed by atoms with Crippen LogP contribution in [0.2, 0.25) is 0 Å². The zero-order valence-corrected chi connectivity index (χ0v) is 10.3. The van der Waals surface area contributed by atoms with Gasteiger partial charge in [-0.15, -0.1) is 0 Å². The lowest BCUT2D eigenvalue weighted by atomic mass is 10.1. The molecule has 16 heavy (non-hydrogen) atoms. The summed E-state index contributed by atoms with van der Waals surface area (Å²) in [6, 6.07) is 1.96. The number of hydrogen-bond acceptors (Lipinski definition) is 4. The first-order valence-corrected chi connectivity index (χ1v) is 5.43. The molecule has 0 bridgehead atoms. The lowest BCUT2D eigenvalue weighted by Crippen LogP contribution is -2.26. The average molecular weight is 222 g/mol. The molecule has 1 fully saturated rings. The fourth-order valence-corrected chi connectivity index (χ4v) is 1.68. The number of esters is 1. The molecule has 0 unspecified atom stereocenters. The number of carbonyl (C=O) groups excluding carboxylic acids is 1. The topological polar surface area (TPSA) is 53.3 Å². The van der Waals surface area contributed by atoms with Gasteiger partial charge in [-0.05, 0) is 33.6 Å². The van der Waals surface area contributed by atoms with Crippen molar-refractivity contribution in [3.63, 3.8) is 0 Å². The third kappa shape index (κ3) is 2.99. The van der Waals surface area contributed by atoms with E-state index in [1.54, 1.807) is 20.8 Å². The van der Waals surface area contributed by atoms with E-state index in [4.69, 9.17) is 10.00 Å². The van der Waals surface area contributed by atoms with Gasteiger partial charge in [0, 0.05) is 19.3 Å². The van der Waals surface area contributed by atoms with Crippen molar-refractivity contribution >= 4 is 5.97 Å². The SMILES string of the molecule is CN1CCC/C1=C(/C#N)C(=O)OC(C)(C)C. The molecule has 0 saturated carbocycles. The molecule has 1 saturated heterocycles. The molecule has 0 spiro atoms. The van der Waals surface area contributed by atoms with Crippen LogP contribution in [0.15, 0.2) is 11.3 Å². The van der Waals surface area contributed by atoms with E-state index in [2.05, 4.69) is 0 Å². The second kappa shape index (κ2) is 4.56. The molecular weight excluding hydrogens is 204 g/mol. The number of allylic oxidation sites excluding steroid dienone is 1. The molecule has 1 rings (SSSR count). The summed E-state index contributed by atoms with van der Waals surface area (Å²) in [6.45, 7) is 6.28. The molecule has 1 aliphatic heterocycles. The van der Waals surface area contributed by atoms with E-state index in [0.29, 0.717) is 0 Å². The quantitative estimate of drug-likeness (QED) is 0.386. The highest BCUT2D eigenvalue weighted by Gasteiger charge is 2.26. The smallest absolute Gasteiger partial charge is 0.351 e. The molecule has 4 heteroatoms. The van der Waals surface area contributed by atoms with Gasteiger partial charge in [0.1, 0.15) is 11.7 Å². The number of nitriles is 1. The minimum absolute atomic E-state index is 0.148. The van der Waals surface area contributed by atoms with Crippen molar-refractivity contribution in [2.75, 3.05) is 13.6 Å². The average Bonchev–Trinajstić information content (AvgIpc) is 2.50. The summed E-state index contributed by atoms with van der Waals surface area (Å²) in [6.07, 6.45) is 1.76. The Hall–Kier alpha value is -1.50. The van der Waals surface area contributed by atoms with Crippen LogP contribution in [0.25, 0.3) is 0 Å². The van der Waals surface area contributed by atoms with Gasteiger partial charge in [-0.2, -0.15) is 5.26 Å². The zero-order chi connectivity index (χ0) is 12.3. The van der Waals surface area contributed by atoms with E-state index in [1.807, 2.05) is 18.0 Å². The Labute approximate surface area is 96.5 Å². The van der Waals surface area contributed by atoms with Gasteiger partial charge in [-0.25, -0.2) is 4.79 Å². The number of hydrogen-bond donors (Lipinski definition) is 0. The van der Waals surface area contributed by atoms with E-state index in [1.165, 1.54) is 0 Å². The van der Waals surface area contributed by atoms with Crippen molar-refractivity contribution in [2.45, 2.75) is 39.2 Å². The molecule has 0 radical (unpaired) electrons. The van der Waals surface area contributed by atoms with Crippen molar-refractivity contribution in [3.05, 3.63) is 11.3 Å². The Morgan fingerprint density at radius 3 is 2.50 bits per heavy atom. The van der Waals surface area contributed by atoms with Crippen LogP contribution in [0.1, 0.15) is 33.6 Å². The van der Waals surface area contributed by atoms with Crippen LogP contribution in [-0.4, -0.2) is 30.1 Å². The number of ether oxygens (including phenoxy) is 1. The third-order valence-corrected chi connectivity index (χ3v) is 2.37. The first-order valence-electron chi connectivity index (χ1n) is 5.43. The van der Waals surface area contributed by atoms with Gasteiger partial charge < -0.3 is 9.64 Å². The van der Waals surface area contributed by atoms with E-state index < -0.39 is 11.6 Å². The summed E-state index contributed by atoms with van der Waals surface area (Å²) >= 11 is 0. The summed E-state index contributed by atoms with van der Waals surface area (Å²) in [4.78, 5) is 13.7. The molecule has 0 aromatic rings. The Kier molecular flexibility index (Phi) is 3.58.